The van der Waals surface area contributed by atoms with Crippen LogP contribution in [0, 0.1) is 16.5 Å². The Balaban J connectivity index is 1.60. The number of piperazine rings is 1. The highest BCUT2D eigenvalue weighted by Gasteiger charge is 2.27. The summed E-state index contributed by atoms with van der Waals surface area (Å²) in [7, 11) is 0. The van der Waals surface area contributed by atoms with Gasteiger partial charge in [0.1, 0.15) is 17.4 Å². The minimum atomic E-state index is -0.592. The summed E-state index contributed by atoms with van der Waals surface area (Å²) in [6, 6.07) is 5.97. The SMILES string of the molecule is O=C(Cc1cccc([N+](=O)[O-])c1)N1CCN(C2=C(F)C[CH]C=C2F)CC1. The third kappa shape index (κ3) is 3.89. The fourth-order valence-corrected chi connectivity index (χ4v) is 3.14. The number of nitrogens with zero attached hydrogens (tertiary/aromatic N) is 3. The highest BCUT2D eigenvalue weighted by Crippen LogP contribution is 2.30. The Labute approximate surface area is 149 Å². The summed E-state index contributed by atoms with van der Waals surface area (Å²) in [5, 5.41) is 10.8. The molecule has 137 valence electrons. The highest BCUT2D eigenvalue weighted by molar-refractivity contribution is 5.79. The quantitative estimate of drug-likeness (QED) is 0.610. The van der Waals surface area contributed by atoms with Crippen molar-refractivity contribution in [2.24, 2.45) is 0 Å². The van der Waals surface area contributed by atoms with E-state index in [1.807, 2.05) is 0 Å². The Morgan fingerprint density at radius 1 is 1.19 bits per heavy atom. The molecule has 8 heteroatoms. The van der Waals surface area contributed by atoms with Crippen molar-refractivity contribution in [3.05, 3.63) is 69.8 Å². The number of nitro groups is 1. The van der Waals surface area contributed by atoms with Crippen LogP contribution in [0.25, 0.3) is 0 Å². The van der Waals surface area contributed by atoms with Crippen molar-refractivity contribution in [1.82, 2.24) is 9.80 Å². The van der Waals surface area contributed by atoms with Gasteiger partial charge < -0.3 is 9.80 Å². The van der Waals surface area contributed by atoms with Crippen LogP contribution in [0.2, 0.25) is 0 Å². The summed E-state index contributed by atoms with van der Waals surface area (Å²) in [4.78, 5) is 26.0. The minimum Gasteiger partial charge on any atom is -0.364 e. The normalized spacial score (nSPS) is 18.0. The zero-order valence-electron chi connectivity index (χ0n) is 14.0. The molecular formula is C18H18F2N3O3. The third-order valence-corrected chi connectivity index (χ3v) is 4.47. The molecule has 1 heterocycles. The zero-order valence-corrected chi connectivity index (χ0v) is 14.0. The first-order valence-electron chi connectivity index (χ1n) is 8.30. The Kier molecular flexibility index (Phi) is 5.29. The summed E-state index contributed by atoms with van der Waals surface area (Å²) in [6.07, 6.45) is 2.84. The number of halogens is 2. The molecule has 2 aliphatic rings. The number of non-ortho nitro benzene ring substituents is 1. The molecule has 1 aliphatic heterocycles. The van der Waals surface area contributed by atoms with Crippen LogP contribution in [0.15, 0.2) is 47.7 Å². The molecule has 1 radical (unpaired) electrons. The molecule has 1 aromatic carbocycles. The summed E-state index contributed by atoms with van der Waals surface area (Å²) in [6.45, 7) is 1.37. The number of benzene rings is 1. The van der Waals surface area contributed by atoms with Crippen LogP contribution in [-0.2, 0) is 11.2 Å². The van der Waals surface area contributed by atoms with E-state index >= 15 is 0 Å². The summed E-state index contributed by atoms with van der Waals surface area (Å²) < 4.78 is 27.8. The molecule has 0 unspecified atom stereocenters. The van der Waals surface area contributed by atoms with Gasteiger partial charge in [-0.1, -0.05) is 12.1 Å². The molecule has 0 N–H and O–H groups in total. The van der Waals surface area contributed by atoms with Crippen molar-refractivity contribution in [1.29, 1.82) is 0 Å². The number of allylic oxidation sites excluding steroid dienone is 3. The predicted molar refractivity (Wildman–Crippen MR) is 91.2 cm³/mol. The maximum absolute atomic E-state index is 13.9. The van der Waals surface area contributed by atoms with Crippen molar-refractivity contribution in [2.75, 3.05) is 26.2 Å². The average Bonchev–Trinajstić information content (AvgIpc) is 2.62. The van der Waals surface area contributed by atoms with Crippen molar-refractivity contribution < 1.29 is 18.5 Å². The molecule has 0 aromatic heterocycles. The lowest BCUT2D eigenvalue weighted by molar-refractivity contribution is -0.384. The van der Waals surface area contributed by atoms with Gasteiger partial charge in [-0.15, -0.1) is 0 Å². The van der Waals surface area contributed by atoms with Gasteiger partial charge in [0, 0.05) is 44.7 Å². The molecule has 1 fully saturated rings. The van der Waals surface area contributed by atoms with Crippen LogP contribution in [0.3, 0.4) is 0 Å². The maximum Gasteiger partial charge on any atom is 0.269 e. The Hall–Kier alpha value is -2.77. The van der Waals surface area contributed by atoms with Gasteiger partial charge in [-0.25, -0.2) is 8.78 Å². The van der Waals surface area contributed by atoms with E-state index in [4.69, 9.17) is 0 Å². The number of carbonyl (C=O) groups excluding carboxylic acids is 1. The van der Waals surface area contributed by atoms with Gasteiger partial charge in [0.25, 0.3) is 5.69 Å². The largest absolute Gasteiger partial charge is 0.364 e. The first-order chi connectivity index (χ1) is 12.5. The van der Waals surface area contributed by atoms with E-state index in [-0.39, 0.29) is 30.1 Å². The lowest BCUT2D eigenvalue weighted by Crippen LogP contribution is -2.49. The zero-order chi connectivity index (χ0) is 18.7. The second-order valence-electron chi connectivity index (χ2n) is 6.18. The molecule has 1 aliphatic carbocycles. The van der Waals surface area contributed by atoms with E-state index in [2.05, 4.69) is 0 Å². The lowest BCUT2D eigenvalue weighted by Gasteiger charge is -2.37. The number of carbonyl (C=O) groups is 1. The third-order valence-electron chi connectivity index (χ3n) is 4.47. The van der Waals surface area contributed by atoms with E-state index in [0.29, 0.717) is 31.7 Å². The molecule has 6 nitrogen and oxygen atoms in total. The molecule has 1 aromatic rings. The molecule has 1 saturated heterocycles. The molecular weight excluding hydrogens is 344 g/mol. The molecule has 0 bridgehead atoms. The van der Waals surface area contributed by atoms with Crippen molar-refractivity contribution in [2.45, 2.75) is 12.8 Å². The van der Waals surface area contributed by atoms with Crippen LogP contribution in [0.4, 0.5) is 14.5 Å². The van der Waals surface area contributed by atoms with Gasteiger partial charge in [-0.2, -0.15) is 0 Å². The Morgan fingerprint density at radius 3 is 2.58 bits per heavy atom. The van der Waals surface area contributed by atoms with Crippen molar-refractivity contribution in [3.8, 4) is 0 Å². The molecule has 0 spiro atoms. The minimum absolute atomic E-state index is 0.0155. The predicted octanol–water partition coefficient (Wildman–Crippen LogP) is 2.92. The van der Waals surface area contributed by atoms with Crippen LogP contribution < -0.4 is 0 Å². The van der Waals surface area contributed by atoms with Gasteiger partial charge in [-0.3, -0.25) is 14.9 Å². The fourth-order valence-electron chi connectivity index (χ4n) is 3.14. The fraction of sp³-hybridized carbons (Fsp3) is 0.333. The summed E-state index contributed by atoms with van der Waals surface area (Å²) >= 11 is 0. The first-order valence-corrected chi connectivity index (χ1v) is 8.30. The number of nitro benzene ring substituents is 1. The highest BCUT2D eigenvalue weighted by atomic mass is 19.1. The number of amides is 1. The van der Waals surface area contributed by atoms with E-state index in [1.165, 1.54) is 24.6 Å². The van der Waals surface area contributed by atoms with E-state index in [0.717, 1.165) is 0 Å². The van der Waals surface area contributed by atoms with Gasteiger partial charge in [0.05, 0.1) is 11.3 Å². The monoisotopic (exact) mass is 362 g/mol. The summed E-state index contributed by atoms with van der Waals surface area (Å²) in [5.41, 5.74) is 0.495. The van der Waals surface area contributed by atoms with Gasteiger partial charge in [0.2, 0.25) is 5.91 Å². The van der Waals surface area contributed by atoms with Gasteiger partial charge in [0.15, 0.2) is 0 Å². The van der Waals surface area contributed by atoms with Crippen molar-refractivity contribution >= 4 is 11.6 Å². The van der Waals surface area contributed by atoms with Crippen LogP contribution in [0.1, 0.15) is 12.0 Å². The van der Waals surface area contributed by atoms with E-state index in [1.54, 1.807) is 21.9 Å². The van der Waals surface area contributed by atoms with Crippen molar-refractivity contribution in [3.63, 3.8) is 0 Å². The average molecular weight is 362 g/mol. The second-order valence-corrected chi connectivity index (χ2v) is 6.18. The molecule has 0 saturated carbocycles. The topological polar surface area (TPSA) is 66.7 Å². The second kappa shape index (κ2) is 7.63. The molecule has 1 amide bonds. The molecule has 0 atom stereocenters. The van der Waals surface area contributed by atoms with Crippen LogP contribution in [-0.4, -0.2) is 46.8 Å². The van der Waals surface area contributed by atoms with Gasteiger partial charge in [-0.05, 0) is 18.1 Å². The smallest absolute Gasteiger partial charge is 0.269 e. The standard InChI is InChI=1S/C18H18F2N3O3/c19-15-5-2-6-16(20)18(15)22-9-7-21(8-10-22)17(24)12-13-3-1-4-14(11-13)23(25)26/h1-5,11H,6-10,12H2. The Morgan fingerprint density at radius 2 is 1.92 bits per heavy atom. The molecule has 26 heavy (non-hydrogen) atoms. The van der Waals surface area contributed by atoms with Gasteiger partial charge >= 0.3 is 0 Å². The molecule has 3 rings (SSSR count). The summed E-state index contributed by atoms with van der Waals surface area (Å²) in [5.74, 6) is -1.25. The number of rotatable bonds is 4. The maximum atomic E-state index is 13.9. The van der Waals surface area contributed by atoms with Crippen LogP contribution in [0.5, 0.6) is 0 Å². The number of hydrogen-bond acceptors (Lipinski definition) is 4. The first kappa shape index (κ1) is 18.0. The lowest BCUT2D eigenvalue weighted by atomic mass is 10.1. The number of hydrogen-bond donors (Lipinski definition) is 0. The van der Waals surface area contributed by atoms with Crippen LogP contribution >= 0.6 is 0 Å². The van der Waals surface area contributed by atoms with E-state index in [9.17, 15) is 23.7 Å². The van der Waals surface area contributed by atoms with E-state index < -0.39 is 16.6 Å². The Bertz CT molecular complexity index is 784.